The Morgan fingerprint density at radius 3 is 2.47 bits per heavy atom. The molecule has 1 aliphatic heterocycles. The van der Waals surface area contributed by atoms with E-state index in [4.69, 9.17) is 21.7 Å². The lowest BCUT2D eigenvalue weighted by molar-refractivity contribution is -0.116. The number of nitrogens with zero attached hydrogens (tertiary/aromatic N) is 4. The number of rotatable bonds is 5. The van der Waals surface area contributed by atoms with Crippen molar-refractivity contribution in [1.29, 1.82) is 0 Å². The quantitative estimate of drug-likeness (QED) is 0.562. The predicted molar refractivity (Wildman–Crippen MR) is 128 cm³/mol. The van der Waals surface area contributed by atoms with Gasteiger partial charge in [0.25, 0.3) is 0 Å². The highest BCUT2D eigenvalue weighted by molar-refractivity contribution is 6.30. The van der Waals surface area contributed by atoms with Gasteiger partial charge in [-0.3, -0.25) is 4.79 Å². The fourth-order valence-electron chi connectivity index (χ4n) is 4.64. The Bertz CT molecular complexity index is 1180. The number of nitrogens with one attached hydrogen (secondary N) is 1. The zero-order chi connectivity index (χ0) is 22.2. The highest BCUT2D eigenvalue weighted by Gasteiger charge is 2.36. The number of carbonyl (C=O) groups excluding carboxylic acids is 1. The van der Waals surface area contributed by atoms with Crippen LogP contribution >= 0.6 is 11.6 Å². The maximum Gasteiger partial charge on any atom is 0.226 e. The summed E-state index contributed by atoms with van der Waals surface area (Å²) >= 11 is 6.05. The first-order valence-corrected chi connectivity index (χ1v) is 11.6. The van der Waals surface area contributed by atoms with Crippen LogP contribution in [0, 0.1) is 0 Å². The standard InChI is InChI=1S/C25H26ClN5O/c1-3-30(4-2)19-14-10-16(11-15-19)23-22-20(6-5-7-21(22)32)27-25-28-24(29-31(23)25)17-8-12-18(26)13-9-17/h8-15,23H,3-7H2,1-2H3,(H,27,28,29). The molecule has 3 aromatic rings. The van der Waals surface area contributed by atoms with E-state index in [9.17, 15) is 4.79 Å². The summed E-state index contributed by atoms with van der Waals surface area (Å²) in [6.45, 7) is 6.22. The van der Waals surface area contributed by atoms with Crippen molar-refractivity contribution in [3.63, 3.8) is 0 Å². The Balaban J connectivity index is 1.60. The molecule has 0 fully saturated rings. The molecule has 32 heavy (non-hydrogen) atoms. The normalized spacial score (nSPS) is 17.6. The topological polar surface area (TPSA) is 63.1 Å². The van der Waals surface area contributed by atoms with Crippen LogP contribution in [-0.2, 0) is 4.79 Å². The highest BCUT2D eigenvalue weighted by Crippen LogP contribution is 2.41. The molecule has 5 rings (SSSR count). The molecule has 0 bridgehead atoms. The van der Waals surface area contributed by atoms with Crippen molar-refractivity contribution in [2.45, 2.75) is 39.2 Å². The first-order chi connectivity index (χ1) is 15.6. The molecular weight excluding hydrogens is 422 g/mol. The number of aromatic nitrogens is 3. The molecule has 6 nitrogen and oxygen atoms in total. The summed E-state index contributed by atoms with van der Waals surface area (Å²) in [5.74, 6) is 1.47. The number of hydrogen-bond donors (Lipinski definition) is 1. The Morgan fingerprint density at radius 1 is 1.06 bits per heavy atom. The van der Waals surface area contributed by atoms with Crippen LogP contribution in [0.1, 0.15) is 44.7 Å². The minimum absolute atomic E-state index is 0.186. The number of allylic oxidation sites excluding steroid dienone is 2. The average molecular weight is 448 g/mol. The number of fused-ring (bicyclic) bond motifs is 1. The van der Waals surface area contributed by atoms with Crippen LogP contribution in [0.5, 0.6) is 0 Å². The molecule has 0 spiro atoms. The van der Waals surface area contributed by atoms with E-state index in [2.05, 4.69) is 48.3 Å². The lowest BCUT2D eigenvalue weighted by Crippen LogP contribution is -2.31. The zero-order valence-corrected chi connectivity index (χ0v) is 19.1. The summed E-state index contributed by atoms with van der Waals surface area (Å²) in [6.07, 6.45) is 2.28. The van der Waals surface area contributed by atoms with Crippen LogP contribution in [0.15, 0.2) is 59.8 Å². The second kappa shape index (κ2) is 8.43. The molecule has 164 valence electrons. The van der Waals surface area contributed by atoms with Crippen molar-refractivity contribution < 1.29 is 4.79 Å². The number of Topliss-reactive ketones (excluding diaryl/α,β-unsaturated/α-hetero) is 1. The van der Waals surface area contributed by atoms with Gasteiger partial charge in [-0.1, -0.05) is 23.7 Å². The van der Waals surface area contributed by atoms with Crippen LogP contribution in [0.4, 0.5) is 11.6 Å². The second-order valence-corrected chi connectivity index (χ2v) is 8.61. The molecule has 0 saturated carbocycles. The second-order valence-electron chi connectivity index (χ2n) is 8.17. The third-order valence-corrected chi connectivity index (χ3v) is 6.56. The average Bonchev–Trinajstić information content (AvgIpc) is 3.23. The lowest BCUT2D eigenvalue weighted by Gasteiger charge is -2.32. The van der Waals surface area contributed by atoms with Crippen molar-refractivity contribution in [1.82, 2.24) is 14.8 Å². The Hall–Kier alpha value is -3.12. The SMILES string of the molecule is CCN(CC)c1ccc(C2C3=C(CCCC3=O)Nc3nc(-c4ccc(Cl)cc4)nn32)cc1. The van der Waals surface area contributed by atoms with Crippen molar-refractivity contribution >= 4 is 29.0 Å². The molecule has 2 aromatic carbocycles. The van der Waals surface area contributed by atoms with E-state index in [0.29, 0.717) is 23.2 Å². The zero-order valence-electron chi connectivity index (χ0n) is 18.3. The lowest BCUT2D eigenvalue weighted by atomic mass is 9.85. The summed E-state index contributed by atoms with van der Waals surface area (Å²) in [5.41, 5.74) is 4.89. The number of halogens is 1. The molecule has 7 heteroatoms. The van der Waals surface area contributed by atoms with Gasteiger partial charge >= 0.3 is 0 Å². The number of hydrogen-bond acceptors (Lipinski definition) is 5. The third kappa shape index (κ3) is 3.58. The van der Waals surface area contributed by atoms with Gasteiger partial charge in [0.2, 0.25) is 5.95 Å². The molecule has 1 unspecified atom stereocenters. The van der Waals surface area contributed by atoms with E-state index in [1.54, 1.807) is 0 Å². The van der Waals surface area contributed by atoms with Gasteiger partial charge in [-0.15, -0.1) is 5.10 Å². The summed E-state index contributed by atoms with van der Waals surface area (Å²) in [6, 6.07) is 15.7. The Labute approximate surface area is 192 Å². The highest BCUT2D eigenvalue weighted by atomic mass is 35.5. The van der Waals surface area contributed by atoms with E-state index < -0.39 is 0 Å². The maximum absolute atomic E-state index is 13.0. The Kier molecular flexibility index (Phi) is 5.47. The van der Waals surface area contributed by atoms with Gasteiger partial charge in [-0.05, 0) is 68.7 Å². The van der Waals surface area contributed by atoms with Gasteiger partial charge in [0.05, 0.1) is 0 Å². The first kappa shape index (κ1) is 20.8. The maximum atomic E-state index is 13.0. The molecule has 1 N–H and O–H groups in total. The molecule has 1 aromatic heterocycles. The monoisotopic (exact) mass is 447 g/mol. The third-order valence-electron chi connectivity index (χ3n) is 6.31. The number of benzene rings is 2. The fourth-order valence-corrected chi connectivity index (χ4v) is 4.77. The van der Waals surface area contributed by atoms with Crippen molar-refractivity contribution in [2.75, 3.05) is 23.3 Å². The smallest absolute Gasteiger partial charge is 0.226 e. The van der Waals surface area contributed by atoms with Crippen molar-refractivity contribution in [2.24, 2.45) is 0 Å². The van der Waals surface area contributed by atoms with Gasteiger partial charge in [0.15, 0.2) is 11.6 Å². The van der Waals surface area contributed by atoms with Gasteiger partial charge in [0.1, 0.15) is 6.04 Å². The van der Waals surface area contributed by atoms with E-state index in [0.717, 1.165) is 48.3 Å². The Morgan fingerprint density at radius 2 is 1.78 bits per heavy atom. The molecule has 1 atom stereocenters. The minimum Gasteiger partial charge on any atom is -0.372 e. The number of anilines is 2. The van der Waals surface area contributed by atoms with Gasteiger partial charge in [0, 0.05) is 47.1 Å². The summed E-state index contributed by atoms with van der Waals surface area (Å²) in [7, 11) is 0. The van der Waals surface area contributed by atoms with Crippen LogP contribution in [0.3, 0.4) is 0 Å². The fraction of sp³-hybridized carbons (Fsp3) is 0.320. The van der Waals surface area contributed by atoms with Gasteiger partial charge in [-0.25, -0.2) is 4.68 Å². The first-order valence-electron chi connectivity index (χ1n) is 11.2. The van der Waals surface area contributed by atoms with Crippen molar-refractivity contribution in [3.8, 4) is 11.4 Å². The van der Waals surface area contributed by atoms with Gasteiger partial charge < -0.3 is 10.2 Å². The largest absolute Gasteiger partial charge is 0.372 e. The minimum atomic E-state index is -0.284. The summed E-state index contributed by atoms with van der Waals surface area (Å²) in [5, 5.41) is 8.89. The molecule has 2 aliphatic rings. The molecule has 0 amide bonds. The molecule has 1 aliphatic carbocycles. The van der Waals surface area contributed by atoms with Gasteiger partial charge in [-0.2, -0.15) is 4.98 Å². The predicted octanol–water partition coefficient (Wildman–Crippen LogP) is 5.47. The van der Waals surface area contributed by atoms with Crippen molar-refractivity contribution in [3.05, 3.63) is 70.4 Å². The summed E-state index contributed by atoms with van der Waals surface area (Å²) < 4.78 is 1.86. The van der Waals surface area contributed by atoms with Crippen LogP contribution < -0.4 is 10.2 Å². The number of carbonyl (C=O) groups is 1. The van der Waals surface area contributed by atoms with Crippen LogP contribution in [-0.4, -0.2) is 33.6 Å². The molecule has 0 saturated heterocycles. The van der Waals surface area contributed by atoms with Crippen LogP contribution in [0.25, 0.3) is 11.4 Å². The molecule has 0 radical (unpaired) electrons. The van der Waals surface area contributed by atoms with E-state index in [1.807, 2.05) is 28.9 Å². The molecule has 2 heterocycles. The van der Waals surface area contributed by atoms with E-state index in [-0.39, 0.29) is 11.8 Å². The van der Waals surface area contributed by atoms with Crippen LogP contribution in [0.2, 0.25) is 5.02 Å². The van der Waals surface area contributed by atoms with E-state index in [1.165, 1.54) is 5.69 Å². The number of ketones is 1. The molecular formula is C25H26ClN5O. The van der Waals surface area contributed by atoms with E-state index >= 15 is 0 Å². The summed E-state index contributed by atoms with van der Waals surface area (Å²) in [4.78, 5) is 20.1.